The Morgan fingerprint density at radius 3 is 2.72 bits per heavy atom. The van der Waals surface area contributed by atoms with Crippen molar-refractivity contribution in [3.05, 3.63) is 0 Å². The monoisotopic (exact) mass is 253 g/mol. The molecule has 0 aromatic carbocycles. The number of nitrogens with one attached hydrogen (secondary N) is 1. The van der Waals surface area contributed by atoms with E-state index in [1.165, 1.54) is 13.0 Å². The van der Waals surface area contributed by atoms with Crippen molar-refractivity contribution < 1.29 is 4.79 Å². The molecule has 2 saturated heterocycles. The average molecular weight is 253 g/mol. The van der Waals surface area contributed by atoms with Crippen molar-refractivity contribution in [1.29, 1.82) is 0 Å². The number of carbonyl (C=O) groups excluding carboxylic acids is 1. The summed E-state index contributed by atoms with van der Waals surface area (Å²) in [7, 11) is 4.13. The van der Waals surface area contributed by atoms with Crippen molar-refractivity contribution in [2.45, 2.75) is 32.2 Å². The van der Waals surface area contributed by atoms with Crippen molar-refractivity contribution >= 4 is 5.91 Å². The Balaban J connectivity index is 1.77. The van der Waals surface area contributed by atoms with E-state index in [1.807, 2.05) is 11.9 Å². The molecule has 2 heterocycles. The highest BCUT2D eigenvalue weighted by molar-refractivity contribution is 5.79. The molecule has 3 atom stereocenters. The minimum absolute atomic E-state index is 0.199. The minimum atomic E-state index is 0.199. The van der Waals surface area contributed by atoms with Gasteiger partial charge in [0.2, 0.25) is 5.91 Å². The van der Waals surface area contributed by atoms with Crippen LogP contribution in [0.5, 0.6) is 0 Å². The lowest BCUT2D eigenvalue weighted by molar-refractivity contribution is -0.135. The Morgan fingerprint density at radius 1 is 1.39 bits per heavy atom. The molecule has 0 saturated carbocycles. The first kappa shape index (κ1) is 13.8. The van der Waals surface area contributed by atoms with Crippen molar-refractivity contribution in [3.63, 3.8) is 0 Å². The molecule has 4 heteroatoms. The Bertz CT molecular complexity index is 287. The van der Waals surface area contributed by atoms with E-state index < -0.39 is 0 Å². The van der Waals surface area contributed by atoms with E-state index in [2.05, 4.69) is 24.2 Å². The number of rotatable bonds is 3. The third-order valence-corrected chi connectivity index (χ3v) is 4.41. The van der Waals surface area contributed by atoms with Crippen molar-refractivity contribution in [2.24, 2.45) is 11.8 Å². The Hall–Kier alpha value is -0.610. The van der Waals surface area contributed by atoms with Crippen LogP contribution < -0.4 is 5.32 Å². The predicted molar refractivity (Wildman–Crippen MR) is 73.4 cm³/mol. The molecule has 2 rings (SSSR count). The second-order valence-electron chi connectivity index (χ2n) is 6.22. The fraction of sp³-hybridized carbons (Fsp3) is 0.929. The molecule has 3 unspecified atom stereocenters. The van der Waals surface area contributed by atoms with E-state index in [-0.39, 0.29) is 5.92 Å². The van der Waals surface area contributed by atoms with Crippen LogP contribution in [0.1, 0.15) is 26.2 Å². The van der Waals surface area contributed by atoms with Gasteiger partial charge in [-0.15, -0.1) is 0 Å². The van der Waals surface area contributed by atoms with E-state index in [0.717, 1.165) is 32.5 Å². The van der Waals surface area contributed by atoms with Gasteiger partial charge in [-0.3, -0.25) is 4.79 Å². The maximum absolute atomic E-state index is 12.3. The zero-order chi connectivity index (χ0) is 13.1. The molecule has 0 bridgehead atoms. The van der Waals surface area contributed by atoms with Crippen LogP contribution in [0.3, 0.4) is 0 Å². The van der Waals surface area contributed by atoms with Crippen LogP contribution >= 0.6 is 0 Å². The Morgan fingerprint density at radius 2 is 2.17 bits per heavy atom. The molecule has 0 aromatic heterocycles. The lowest BCUT2D eigenvalue weighted by Crippen LogP contribution is -2.45. The van der Waals surface area contributed by atoms with Gasteiger partial charge in [-0.25, -0.2) is 0 Å². The van der Waals surface area contributed by atoms with E-state index in [4.69, 9.17) is 0 Å². The van der Waals surface area contributed by atoms with Crippen LogP contribution in [0, 0.1) is 11.8 Å². The van der Waals surface area contributed by atoms with Gasteiger partial charge in [0.25, 0.3) is 0 Å². The van der Waals surface area contributed by atoms with Crippen molar-refractivity contribution in [3.8, 4) is 0 Å². The molecule has 104 valence electrons. The highest BCUT2D eigenvalue weighted by atomic mass is 16.2. The van der Waals surface area contributed by atoms with E-state index in [0.29, 0.717) is 17.9 Å². The molecular formula is C14H27N3O. The molecule has 2 fully saturated rings. The molecule has 18 heavy (non-hydrogen) atoms. The van der Waals surface area contributed by atoms with Crippen LogP contribution in [0.2, 0.25) is 0 Å². The number of hydrogen-bond donors (Lipinski definition) is 1. The molecule has 1 N–H and O–H groups in total. The first-order valence-corrected chi connectivity index (χ1v) is 7.23. The Kier molecular flexibility index (Phi) is 4.62. The van der Waals surface area contributed by atoms with Crippen LogP contribution in [0.25, 0.3) is 0 Å². The quantitative estimate of drug-likeness (QED) is 0.807. The van der Waals surface area contributed by atoms with Crippen LogP contribution in [0.15, 0.2) is 0 Å². The third kappa shape index (κ3) is 3.45. The van der Waals surface area contributed by atoms with Gasteiger partial charge in [0.15, 0.2) is 0 Å². The average Bonchev–Trinajstić information content (AvgIpc) is 2.75. The SMILES string of the molecule is CC1CCC(C(=O)N(C)CC2CCN(C)C2)CN1. The molecular weight excluding hydrogens is 226 g/mol. The molecule has 0 aromatic rings. The van der Waals surface area contributed by atoms with Gasteiger partial charge in [-0.2, -0.15) is 0 Å². The van der Waals surface area contributed by atoms with Gasteiger partial charge in [-0.05, 0) is 45.7 Å². The summed E-state index contributed by atoms with van der Waals surface area (Å²) in [4.78, 5) is 16.7. The fourth-order valence-electron chi connectivity index (χ4n) is 3.17. The second kappa shape index (κ2) is 6.02. The molecule has 2 aliphatic heterocycles. The van der Waals surface area contributed by atoms with Gasteiger partial charge < -0.3 is 15.1 Å². The summed E-state index contributed by atoms with van der Waals surface area (Å²) in [6, 6.07) is 0.572. The third-order valence-electron chi connectivity index (χ3n) is 4.41. The summed E-state index contributed by atoms with van der Waals surface area (Å²) in [6.45, 7) is 6.29. The first-order chi connectivity index (χ1) is 8.56. The summed E-state index contributed by atoms with van der Waals surface area (Å²) in [5.41, 5.74) is 0. The van der Waals surface area contributed by atoms with Crippen LogP contribution in [-0.4, -0.2) is 62.0 Å². The number of amides is 1. The summed E-state index contributed by atoms with van der Waals surface area (Å²) in [5, 5.41) is 3.41. The molecule has 0 spiro atoms. The molecule has 4 nitrogen and oxygen atoms in total. The number of piperidine rings is 1. The zero-order valence-corrected chi connectivity index (χ0v) is 12.0. The van der Waals surface area contributed by atoms with E-state index in [9.17, 15) is 4.79 Å². The standard InChI is InChI=1S/C14H27N3O/c1-11-4-5-13(8-15-11)14(18)17(3)10-12-6-7-16(2)9-12/h11-13,15H,4-10H2,1-3H3. The predicted octanol–water partition coefficient (Wildman–Crippen LogP) is 0.785. The number of hydrogen-bond acceptors (Lipinski definition) is 3. The maximum Gasteiger partial charge on any atom is 0.226 e. The summed E-state index contributed by atoms with van der Waals surface area (Å²) < 4.78 is 0. The van der Waals surface area contributed by atoms with Gasteiger partial charge >= 0.3 is 0 Å². The van der Waals surface area contributed by atoms with Gasteiger partial charge in [0.1, 0.15) is 0 Å². The Labute approximate surface area is 111 Å². The summed E-state index contributed by atoms with van der Waals surface area (Å²) in [5.74, 6) is 1.20. The van der Waals surface area contributed by atoms with Gasteiger partial charge in [0.05, 0.1) is 5.92 Å². The van der Waals surface area contributed by atoms with Crippen molar-refractivity contribution in [2.75, 3.05) is 40.3 Å². The topological polar surface area (TPSA) is 35.6 Å². The zero-order valence-electron chi connectivity index (χ0n) is 12.0. The lowest BCUT2D eigenvalue weighted by atomic mass is 9.94. The van der Waals surface area contributed by atoms with Gasteiger partial charge in [0, 0.05) is 32.7 Å². The largest absolute Gasteiger partial charge is 0.345 e. The number of likely N-dealkylation sites (tertiary alicyclic amines) is 1. The second-order valence-corrected chi connectivity index (χ2v) is 6.22. The smallest absolute Gasteiger partial charge is 0.226 e. The highest BCUT2D eigenvalue weighted by Crippen LogP contribution is 2.19. The molecule has 1 amide bonds. The van der Waals surface area contributed by atoms with Crippen LogP contribution in [0.4, 0.5) is 0 Å². The first-order valence-electron chi connectivity index (χ1n) is 7.23. The summed E-state index contributed by atoms with van der Waals surface area (Å²) in [6.07, 6.45) is 3.40. The highest BCUT2D eigenvalue weighted by Gasteiger charge is 2.28. The normalized spacial score (nSPS) is 33.6. The fourth-order valence-corrected chi connectivity index (χ4v) is 3.17. The maximum atomic E-state index is 12.3. The van der Waals surface area contributed by atoms with Crippen molar-refractivity contribution in [1.82, 2.24) is 15.1 Å². The molecule has 2 aliphatic rings. The minimum Gasteiger partial charge on any atom is -0.345 e. The van der Waals surface area contributed by atoms with E-state index in [1.54, 1.807) is 0 Å². The summed E-state index contributed by atoms with van der Waals surface area (Å²) >= 11 is 0. The van der Waals surface area contributed by atoms with E-state index >= 15 is 0 Å². The number of carbonyl (C=O) groups is 1. The number of nitrogens with zero attached hydrogens (tertiary/aromatic N) is 2. The molecule has 0 radical (unpaired) electrons. The lowest BCUT2D eigenvalue weighted by Gasteiger charge is -2.31. The molecule has 0 aliphatic carbocycles. The van der Waals surface area contributed by atoms with Crippen LogP contribution in [-0.2, 0) is 4.79 Å². The van der Waals surface area contributed by atoms with Gasteiger partial charge in [-0.1, -0.05) is 0 Å².